The first-order valence-electron chi connectivity index (χ1n) is 6.14. The second kappa shape index (κ2) is 7.07. The van der Waals surface area contributed by atoms with Crippen molar-refractivity contribution >= 4 is 5.91 Å². The van der Waals surface area contributed by atoms with Crippen LogP contribution in [0.4, 0.5) is 0 Å². The fourth-order valence-electron chi connectivity index (χ4n) is 1.67. The number of benzene rings is 1. The summed E-state index contributed by atoms with van der Waals surface area (Å²) < 4.78 is 0. The second-order valence-corrected chi connectivity index (χ2v) is 4.35. The molecule has 3 heteroatoms. The molecule has 1 amide bonds. The Morgan fingerprint density at radius 2 is 2.00 bits per heavy atom. The maximum atomic E-state index is 12.2. The number of hydrogen-bond donors (Lipinski definition) is 1. The third-order valence-corrected chi connectivity index (χ3v) is 2.91. The smallest absolute Gasteiger partial charge is 0.253 e. The van der Waals surface area contributed by atoms with Gasteiger partial charge in [0.2, 0.25) is 0 Å². The molecule has 17 heavy (non-hydrogen) atoms. The average molecular weight is 235 g/mol. The molecule has 0 radical (unpaired) electrons. The minimum atomic E-state index is -0.0000463. The van der Waals surface area contributed by atoms with Crippen molar-refractivity contribution in [1.82, 2.24) is 4.90 Å². The topological polar surface area (TPSA) is 40.5 Å². The molecule has 1 aromatic rings. The fourth-order valence-corrected chi connectivity index (χ4v) is 1.67. The zero-order valence-corrected chi connectivity index (χ0v) is 10.6. The Labute approximate surface area is 103 Å². The molecule has 0 saturated heterocycles. The van der Waals surface area contributed by atoms with E-state index in [4.69, 9.17) is 5.11 Å². The number of nitrogens with zero attached hydrogens (tertiary/aromatic N) is 1. The molecular formula is C14H21NO2. The van der Waals surface area contributed by atoms with Crippen molar-refractivity contribution in [2.75, 3.05) is 19.7 Å². The van der Waals surface area contributed by atoms with Crippen LogP contribution in [0.3, 0.4) is 0 Å². The lowest BCUT2D eigenvalue weighted by Crippen LogP contribution is -2.36. The monoisotopic (exact) mass is 235 g/mol. The van der Waals surface area contributed by atoms with Gasteiger partial charge < -0.3 is 10.0 Å². The van der Waals surface area contributed by atoms with Crippen LogP contribution in [0, 0.1) is 5.92 Å². The molecule has 0 bridgehead atoms. The van der Waals surface area contributed by atoms with Crippen LogP contribution in [0.5, 0.6) is 0 Å². The van der Waals surface area contributed by atoms with Crippen LogP contribution in [0.1, 0.15) is 30.6 Å². The third kappa shape index (κ3) is 4.19. The van der Waals surface area contributed by atoms with Crippen LogP contribution >= 0.6 is 0 Å². The summed E-state index contributed by atoms with van der Waals surface area (Å²) in [6.07, 6.45) is 1.03. The van der Waals surface area contributed by atoms with Crippen molar-refractivity contribution in [2.45, 2.75) is 20.3 Å². The molecule has 0 saturated carbocycles. The molecule has 0 spiro atoms. The van der Waals surface area contributed by atoms with E-state index in [0.717, 1.165) is 6.42 Å². The van der Waals surface area contributed by atoms with Crippen LogP contribution in [-0.2, 0) is 0 Å². The fraction of sp³-hybridized carbons (Fsp3) is 0.500. The van der Waals surface area contributed by atoms with Crippen LogP contribution in [0.15, 0.2) is 30.3 Å². The van der Waals surface area contributed by atoms with E-state index < -0.39 is 0 Å². The highest BCUT2D eigenvalue weighted by molar-refractivity contribution is 5.94. The van der Waals surface area contributed by atoms with Gasteiger partial charge in [0.25, 0.3) is 5.91 Å². The lowest BCUT2D eigenvalue weighted by Gasteiger charge is -2.24. The Balaban J connectivity index is 2.73. The van der Waals surface area contributed by atoms with Gasteiger partial charge in [0, 0.05) is 18.7 Å². The molecule has 1 atom stereocenters. The van der Waals surface area contributed by atoms with E-state index in [2.05, 4.69) is 13.8 Å². The normalized spacial score (nSPS) is 12.2. The van der Waals surface area contributed by atoms with E-state index in [1.807, 2.05) is 30.3 Å². The Kier molecular flexibility index (Phi) is 5.70. The van der Waals surface area contributed by atoms with E-state index in [9.17, 15) is 4.79 Å². The SMILES string of the molecule is CCC(C)CN(CCO)C(=O)c1ccccc1. The summed E-state index contributed by atoms with van der Waals surface area (Å²) in [6.45, 7) is 5.33. The summed E-state index contributed by atoms with van der Waals surface area (Å²) in [4.78, 5) is 13.9. The van der Waals surface area contributed by atoms with Crippen molar-refractivity contribution in [1.29, 1.82) is 0 Å². The minimum Gasteiger partial charge on any atom is -0.395 e. The Bertz CT molecular complexity index is 337. The molecule has 0 aliphatic heterocycles. The van der Waals surface area contributed by atoms with E-state index >= 15 is 0 Å². The maximum absolute atomic E-state index is 12.2. The number of carbonyl (C=O) groups is 1. The third-order valence-electron chi connectivity index (χ3n) is 2.91. The lowest BCUT2D eigenvalue weighted by molar-refractivity contribution is 0.0694. The number of aliphatic hydroxyl groups excluding tert-OH is 1. The summed E-state index contributed by atoms with van der Waals surface area (Å²) in [5.41, 5.74) is 0.684. The first kappa shape index (κ1) is 13.7. The molecule has 94 valence electrons. The molecule has 0 aliphatic carbocycles. The van der Waals surface area contributed by atoms with Gasteiger partial charge in [0.1, 0.15) is 0 Å². The molecule has 1 N–H and O–H groups in total. The van der Waals surface area contributed by atoms with Gasteiger partial charge >= 0.3 is 0 Å². The Hall–Kier alpha value is -1.35. The van der Waals surface area contributed by atoms with E-state index in [0.29, 0.717) is 24.6 Å². The Morgan fingerprint density at radius 1 is 1.35 bits per heavy atom. The summed E-state index contributed by atoms with van der Waals surface area (Å²) in [7, 11) is 0. The summed E-state index contributed by atoms with van der Waals surface area (Å²) in [5.74, 6) is 0.453. The van der Waals surface area contributed by atoms with Gasteiger partial charge in [-0.25, -0.2) is 0 Å². The second-order valence-electron chi connectivity index (χ2n) is 4.35. The molecule has 0 aromatic heterocycles. The maximum Gasteiger partial charge on any atom is 0.253 e. The highest BCUT2D eigenvalue weighted by Crippen LogP contribution is 2.09. The van der Waals surface area contributed by atoms with Crippen molar-refractivity contribution in [3.63, 3.8) is 0 Å². The van der Waals surface area contributed by atoms with Gasteiger partial charge in [-0.15, -0.1) is 0 Å². The van der Waals surface area contributed by atoms with Crippen LogP contribution < -0.4 is 0 Å². The molecule has 0 fully saturated rings. The van der Waals surface area contributed by atoms with E-state index in [1.165, 1.54) is 0 Å². The molecule has 0 aliphatic rings. The number of rotatable bonds is 6. The highest BCUT2D eigenvalue weighted by atomic mass is 16.3. The molecule has 1 rings (SSSR count). The van der Waals surface area contributed by atoms with Crippen LogP contribution in [0.2, 0.25) is 0 Å². The number of amides is 1. The summed E-state index contributed by atoms with van der Waals surface area (Å²) in [5, 5.41) is 9.02. The zero-order valence-electron chi connectivity index (χ0n) is 10.6. The van der Waals surface area contributed by atoms with Crippen molar-refractivity contribution in [2.24, 2.45) is 5.92 Å². The molecule has 1 unspecified atom stereocenters. The lowest BCUT2D eigenvalue weighted by atomic mass is 10.1. The number of carbonyl (C=O) groups excluding carboxylic acids is 1. The van der Waals surface area contributed by atoms with Gasteiger partial charge in [-0.3, -0.25) is 4.79 Å². The van der Waals surface area contributed by atoms with Crippen LogP contribution in [-0.4, -0.2) is 35.6 Å². The average Bonchev–Trinajstić information content (AvgIpc) is 2.38. The first-order valence-corrected chi connectivity index (χ1v) is 6.14. The number of aliphatic hydroxyl groups is 1. The van der Waals surface area contributed by atoms with Crippen molar-refractivity contribution < 1.29 is 9.90 Å². The summed E-state index contributed by atoms with van der Waals surface area (Å²) in [6, 6.07) is 9.22. The van der Waals surface area contributed by atoms with Gasteiger partial charge in [-0.2, -0.15) is 0 Å². The summed E-state index contributed by atoms with van der Waals surface area (Å²) >= 11 is 0. The van der Waals surface area contributed by atoms with E-state index in [-0.39, 0.29) is 12.5 Å². The predicted octanol–water partition coefficient (Wildman–Crippen LogP) is 2.17. The Morgan fingerprint density at radius 3 is 2.53 bits per heavy atom. The largest absolute Gasteiger partial charge is 0.395 e. The minimum absolute atomic E-state index is 0.0000463. The molecular weight excluding hydrogens is 214 g/mol. The zero-order chi connectivity index (χ0) is 12.7. The molecule has 3 nitrogen and oxygen atoms in total. The van der Waals surface area contributed by atoms with Crippen LogP contribution in [0.25, 0.3) is 0 Å². The standard InChI is InChI=1S/C14H21NO2/c1-3-12(2)11-15(9-10-16)14(17)13-7-5-4-6-8-13/h4-8,12,16H,3,9-11H2,1-2H3. The van der Waals surface area contributed by atoms with Crippen molar-refractivity contribution in [3.8, 4) is 0 Å². The van der Waals surface area contributed by atoms with Gasteiger partial charge in [-0.1, -0.05) is 38.5 Å². The quantitative estimate of drug-likeness (QED) is 0.821. The van der Waals surface area contributed by atoms with E-state index in [1.54, 1.807) is 4.90 Å². The first-order chi connectivity index (χ1) is 8.19. The van der Waals surface area contributed by atoms with Gasteiger partial charge in [-0.05, 0) is 18.1 Å². The molecule has 0 heterocycles. The number of hydrogen-bond acceptors (Lipinski definition) is 2. The van der Waals surface area contributed by atoms with Gasteiger partial charge in [0.05, 0.1) is 6.61 Å². The molecule has 1 aromatic carbocycles. The highest BCUT2D eigenvalue weighted by Gasteiger charge is 2.16. The predicted molar refractivity (Wildman–Crippen MR) is 68.9 cm³/mol. The van der Waals surface area contributed by atoms with Crippen molar-refractivity contribution in [3.05, 3.63) is 35.9 Å². The van der Waals surface area contributed by atoms with Gasteiger partial charge in [0.15, 0.2) is 0 Å².